The lowest BCUT2D eigenvalue weighted by atomic mass is 10.0. The summed E-state index contributed by atoms with van der Waals surface area (Å²) in [5.41, 5.74) is 0.922. The van der Waals surface area contributed by atoms with Crippen LogP contribution in [-0.2, 0) is 14.3 Å². The van der Waals surface area contributed by atoms with Crippen LogP contribution in [0.2, 0.25) is 0 Å². The van der Waals surface area contributed by atoms with Gasteiger partial charge in [-0.3, -0.25) is 0 Å². The van der Waals surface area contributed by atoms with Crippen molar-refractivity contribution < 1.29 is 14.3 Å². The maximum absolute atomic E-state index is 11.4. The van der Waals surface area contributed by atoms with Gasteiger partial charge in [-0.25, -0.2) is 9.79 Å². The Labute approximate surface area is 87.5 Å². The predicted molar refractivity (Wildman–Crippen MR) is 54.6 cm³/mol. The van der Waals surface area contributed by atoms with Crippen LogP contribution in [0.1, 0.15) is 11.7 Å². The maximum Gasteiger partial charge on any atom is 0.334 e. The fourth-order valence-corrected chi connectivity index (χ4v) is 1.53. The summed E-state index contributed by atoms with van der Waals surface area (Å²) in [5.74, 6) is -0.377. The molecule has 2 atom stereocenters. The van der Waals surface area contributed by atoms with E-state index in [1.54, 1.807) is 0 Å². The largest absolute Gasteiger partial charge is 0.473 e. The molecular formula is C11H11NO3. The van der Waals surface area contributed by atoms with Crippen LogP contribution >= 0.6 is 0 Å². The zero-order chi connectivity index (χ0) is 10.7. The molecule has 78 valence electrons. The summed E-state index contributed by atoms with van der Waals surface area (Å²) >= 11 is 0. The van der Waals surface area contributed by atoms with Crippen LogP contribution in [0.25, 0.3) is 0 Å². The molecule has 0 aliphatic carbocycles. The normalized spacial score (nSPS) is 23.5. The van der Waals surface area contributed by atoms with Crippen molar-refractivity contribution in [3.05, 3.63) is 35.9 Å². The van der Waals surface area contributed by atoms with E-state index in [4.69, 9.17) is 4.74 Å². The Kier molecular flexibility index (Phi) is 2.67. The highest BCUT2D eigenvalue weighted by molar-refractivity contribution is 5.80. The van der Waals surface area contributed by atoms with Crippen LogP contribution in [0.15, 0.2) is 35.3 Å². The van der Waals surface area contributed by atoms with Gasteiger partial charge in [-0.2, -0.15) is 0 Å². The molecule has 0 radical (unpaired) electrons. The molecule has 1 heterocycles. The average Bonchev–Trinajstić information content (AvgIpc) is 2.78. The number of aliphatic imine (C=N–C) groups is 1. The lowest BCUT2D eigenvalue weighted by Gasteiger charge is -2.15. The first kappa shape index (κ1) is 9.71. The Morgan fingerprint density at radius 2 is 2.13 bits per heavy atom. The summed E-state index contributed by atoms with van der Waals surface area (Å²) in [6.45, 7) is 0. The smallest absolute Gasteiger partial charge is 0.334 e. The second-order valence-electron chi connectivity index (χ2n) is 3.19. The SMILES string of the molecule is COC(=O)[C@H]1N=CO[C@H]1c1ccccc1. The minimum absolute atomic E-state index is 0.362. The zero-order valence-corrected chi connectivity index (χ0v) is 8.29. The number of rotatable bonds is 2. The number of benzene rings is 1. The van der Waals surface area contributed by atoms with Gasteiger partial charge >= 0.3 is 5.97 Å². The van der Waals surface area contributed by atoms with Gasteiger partial charge in [-0.15, -0.1) is 0 Å². The molecular weight excluding hydrogens is 194 g/mol. The summed E-state index contributed by atoms with van der Waals surface area (Å²) in [7, 11) is 1.35. The van der Waals surface area contributed by atoms with Gasteiger partial charge in [0.15, 0.2) is 18.5 Å². The zero-order valence-electron chi connectivity index (χ0n) is 8.29. The van der Waals surface area contributed by atoms with E-state index in [0.29, 0.717) is 0 Å². The third-order valence-corrected chi connectivity index (χ3v) is 2.29. The number of carbonyl (C=O) groups is 1. The van der Waals surface area contributed by atoms with E-state index in [-0.39, 0.29) is 12.1 Å². The van der Waals surface area contributed by atoms with Crippen molar-refractivity contribution in [2.75, 3.05) is 7.11 Å². The average molecular weight is 205 g/mol. The summed E-state index contributed by atoms with van der Waals surface area (Å²) in [6, 6.07) is 8.91. The van der Waals surface area contributed by atoms with E-state index >= 15 is 0 Å². The number of carbonyl (C=O) groups excluding carboxylic acids is 1. The second kappa shape index (κ2) is 4.13. The molecule has 1 aromatic rings. The molecule has 0 saturated heterocycles. The Hall–Kier alpha value is -1.84. The van der Waals surface area contributed by atoms with E-state index in [1.807, 2.05) is 30.3 Å². The fraction of sp³-hybridized carbons (Fsp3) is 0.273. The molecule has 0 unspecified atom stereocenters. The van der Waals surface area contributed by atoms with Gasteiger partial charge in [0.2, 0.25) is 0 Å². The number of hydrogen-bond acceptors (Lipinski definition) is 4. The number of ether oxygens (including phenoxy) is 2. The Morgan fingerprint density at radius 1 is 1.40 bits per heavy atom. The second-order valence-corrected chi connectivity index (χ2v) is 3.19. The Balaban J connectivity index is 2.21. The monoisotopic (exact) mass is 205 g/mol. The van der Waals surface area contributed by atoms with Gasteiger partial charge in [0.25, 0.3) is 0 Å². The highest BCUT2D eigenvalue weighted by atomic mass is 16.5. The van der Waals surface area contributed by atoms with Crippen LogP contribution in [0, 0.1) is 0 Å². The van der Waals surface area contributed by atoms with Crippen molar-refractivity contribution in [3.8, 4) is 0 Å². The summed E-state index contributed by atoms with van der Waals surface area (Å²) in [4.78, 5) is 15.3. The summed E-state index contributed by atoms with van der Waals surface area (Å²) in [6.07, 6.45) is 0.942. The molecule has 4 nitrogen and oxygen atoms in total. The van der Waals surface area contributed by atoms with Gasteiger partial charge in [-0.05, 0) is 5.56 Å². The highest BCUT2D eigenvalue weighted by Crippen LogP contribution is 2.27. The van der Waals surface area contributed by atoms with Crippen molar-refractivity contribution in [1.29, 1.82) is 0 Å². The minimum atomic E-state index is -0.586. The van der Waals surface area contributed by atoms with Crippen LogP contribution < -0.4 is 0 Å². The number of nitrogens with zero attached hydrogens (tertiary/aromatic N) is 1. The number of hydrogen-bond donors (Lipinski definition) is 0. The van der Waals surface area contributed by atoms with Crippen LogP contribution in [0.3, 0.4) is 0 Å². The van der Waals surface area contributed by atoms with Crippen LogP contribution in [-0.4, -0.2) is 25.5 Å². The van der Waals surface area contributed by atoms with Crippen molar-refractivity contribution in [2.24, 2.45) is 4.99 Å². The van der Waals surface area contributed by atoms with E-state index in [9.17, 15) is 4.79 Å². The van der Waals surface area contributed by atoms with E-state index in [0.717, 1.165) is 5.56 Å². The van der Waals surface area contributed by atoms with Gasteiger partial charge < -0.3 is 9.47 Å². The third-order valence-electron chi connectivity index (χ3n) is 2.29. The number of methoxy groups -OCH3 is 1. The minimum Gasteiger partial charge on any atom is -0.473 e. The van der Waals surface area contributed by atoms with Crippen molar-refractivity contribution in [2.45, 2.75) is 12.1 Å². The van der Waals surface area contributed by atoms with Gasteiger partial charge in [0, 0.05) is 0 Å². The molecule has 0 saturated carbocycles. The fourth-order valence-electron chi connectivity index (χ4n) is 1.53. The molecule has 0 spiro atoms. The van der Waals surface area contributed by atoms with Gasteiger partial charge in [0.1, 0.15) is 0 Å². The van der Waals surface area contributed by atoms with Gasteiger partial charge in [0.05, 0.1) is 7.11 Å². The van der Waals surface area contributed by atoms with Crippen molar-refractivity contribution in [3.63, 3.8) is 0 Å². The third kappa shape index (κ3) is 1.83. The molecule has 4 heteroatoms. The predicted octanol–water partition coefficient (Wildman–Crippen LogP) is 1.33. The first-order valence-corrected chi connectivity index (χ1v) is 4.63. The molecule has 0 amide bonds. The summed E-state index contributed by atoms with van der Waals surface area (Å²) in [5, 5.41) is 0. The van der Waals surface area contributed by atoms with Crippen molar-refractivity contribution in [1.82, 2.24) is 0 Å². The number of esters is 1. The van der Waals surface area contributed by atoms with Gasteiger partial charge in [-0.1, -0.05) is 30.3 Å². The van der Waals surface area contributed by atoms with Crippen LogP contribution in [0.4, 0.5) is 0 Å². The standard InChI is InChI=1S/C11H11NO3/c1-14-11(13)9-10(15-7-12-9)8-5-3-2-4-6-8/h2-7,9-10H,1H3/t9-,10-/m0/s1. The van der Waals surface area contributed by atoms with Crippen molar-refractivity contribution >= 4 is 12.4 Å². The molecule has 0 bridgehead atoms. The first-order valence-electron chi connectivity index (χ1n) is 4.63. The first-order chi connectivity index (χ1) is 7.33. The molecule has 2 rings (SSSR count). The van der Waals surface area contributed by atoms with E-state index in [2.05, 4.69) is 9.73 Å². The lowest BCUT2D eigenvalue weighted by molar-refractivity contribution is -0.143. The van der Waals surface area contributed by atoms with E-state index in [1.165, 1.54) is 13.5 Å². The summed E-state index contributed by atoms with van der Waals surface area (Å²) < 4.78 is 9.94. The molecule has 1 aliphatic rings. The van der Waals surface area contributed by atoms with E-state index < -0.39 is 6.04 Å². The topological polar surface area (TPSA) is 47.9 Å². The molecule has 1 aromatic carbocycles. The highest BCUT2D eigenvalue weighted by Gasteiger charge is 2.34. The lowest BCUT2D eigenvalue weighted by Crippen LogP contribution is -2.25. The van der Waals surface area contributed by atoms with Crippen LogP contribution in [0.5, 0.6) is 0 Å². The molecule has 0 fully saturated rings. The quantitative estimate of drug-likeness (QED) is 0.684. The molecule has 1 aliphatic heterocycles. The Bertz CT molecular complexity index is 375. The molecule has 15 heavy (non-hydrogen) atoms. The maximum atomic E-state index is 11.4. The molecule has 0 aromatic heterocycles. The Morgan fingerprint density at radius 3 is 2.80 bits per heavy atom. The molecule has 0 N–H and O–H groups in total.